The van der Waals surface area contributed by atoms with E-state index in [1.807, 2.05) is 12.4 Å². The molecule has 0 spiro atoms. The quantitative estimate of drug-likeness (QED) is 0.551. The lowest BCUT2D eigenvalue weighted by atomic mass is 9.75. The fraction of sp³-hybridized carbons (Fsp3) is 0.826. The number of aryl methyl sites for hydroxylation is 1. The van der Waals surface area contributed by atoms with Crippen LogP contribution in [0, 0.1) is 17.8 Å². The van der Waals surface area contributed by atoms with Crippen molar-refractivity contribution in [3.63, 3.8) is 0 Å². The molecule has 140 valence electrons. The molecule has 2 aliphatic rings. The molecule has 0 bridgehead atoms. The second-order valence-corrected chi connectivity index (χ2v) is 8.77. The maximum atomic E-state index is 4.63. The minimum Gasteiger partial charge on any atom is -0.241 e. The third kappa shape index (κ3) is 5.53. The minimum absolute atomic E-state index is 0.617. The Bertz CT molecular complexity index is 479. The molecule has 0 amide bonds. The first-order valence-corrected chi connectivity index (χ1v) is 11.1. The van der Waals surface area contributed by atoms with Gasteiger partial charge in [-0.1, -0.05) is 65.2 Å². The van der Waals surface area contributed by atoms with Crippen LogP contribution >= 0.6 is 0 Å². The van der Waals surface area contributed by atoms with Gasteiger partial charge in [-0.15, -0.1) is 0 Å². The van der Waals surface area contributed by atoms with Gasteiger partial charge in [-0.3, -0.25) is 0 Å². The Morgan fingerprint density at radius 2 is 1.20 bits per heavy atom. The predicted molar refractivity (Wildman–Crippen MR) is 106 cm³/mol. The zero-order valence-corrected chi connectivity index (χ0v) is 16.6. The molecule has 1 heterocycles. The van der Waals surface area contributed by atoms with Crippen molar-refractivity contribution in [3.05, 3.63) is 23.8 Å². The predicted octanol–water partition coefficient (Wildman–Crippen LogP) is 6.70. The van der Waals surface area contributed by atoms with Gasteiger partial charge in [0.1, 0.15) is 5.82 Å². The molecule has 1 aromatic rings. The highest BCUT2D eigenvalue weighted by Gasteiger charge is 2.26. The SMILES string of the molecule is CCCC1CCC(CCC2CCC(c3ncc(CC)cn3)CC2)CC1. The summed E-state index contributed by atoms with van der Waals surface area (Å²) in [7, 11) is 0. The van der Waals surface area contributed by atoms with Crippen LogP contribution in [0.2, 0.25) is 0 Å². The van der Waals surface area contributed by atoms with E-state index in [1.54, 1.807) is 0 Å². The largest absolute Gasteiger partial charge is 0.241 e. The molecule has 2 saturated carbocycles. The average Bonchev–Trinajstić information content (AvgIpc) is 2.68. The second kappa shape index (κ2) is 9.69. The molecule has 0 aliphatic heterocycles. The van der Waals surface area contributed by atoms with Crippen molar-refractivity contribution in [2.24, 2.45) is 17.8 Å². The van der Waals surface area contributed by atoms with Gasteiger partial charge in [0, 0.05) is 18.3 Å². The molecule has 0 unspecified atom stereocenters. The standard InChI is InChI=1S/C23H38N2/c1-3-5-19-6-8-20(9-7-19)10-11-21-12-14-22(15-13-21)23-24-16-18(4-2)17-25-23/h16-17,19-22H,3-15H2,1-2H3. The summed E-state index contributed by atoms with van der Waals surface area (Å²) in [5, 5.41) is 0. The smallest absolute Gasteiger partial charge is 0.131 e. The van der Waals surface area contributed by atoms with E-state index >= 15 is 0 Å². The van der Waals surface area contributed by atoms with E-state index in [4.69, 9.17) is 0 Å². The topological polar surface area (TPSA) is 25.8 Å². The molecule has 2 heteroatoms. The lowest BCUT2D eigenvalue weighted by Crippen LogP contribution is -2.18. The van der Waals surface area contributed by atoms with Crippen molar-refractivity contribution >= 4 is 0 Å². The summed E-state index contributed by atoms with van der Waals surface area (Å²) < 4.78 is 0. The lowest BCUT2D eigenvalue weighted by molar-refractivity contribution is 0.223. The van der Waals surface area contributed by atoms with Crippen LogP contribution in [0.25, 0.3) is 0 Å². The first kappa shape index (κ1) is 18.9. The first-order chi connectivity index (χ1) is 12.3. The van der Waals surface area contributed by atoms with Crippen molar-refractivity contribution in [3.8, 4) is 0 Å². The minimum atomic E-state index is 0.617. The first-order valence-electron chi connectivity index (χ1n) is 11.1. The van der Waals surface area contributed by atoms with Gasteiger partial charge >= 0.3 is 0 Å². The Morgan fingerprint density at radius 1 is 0.720 bits per heavy atom. The molecule has 25 heavy (non-hydrogen) atoms. The molecule has 0 atom stereocenters. The summed E-state index contributed by atoms with van der Waals surface area (Å²) in [4.78, 5) is 9.26. The van der Waals surface area contributed by atoms with Gasteiger partial charge in [0.05, 0.1) is 0 Å². The number of hydrogen-bond donors (Lipinski definition) is 0. The van der Waals surface area contributed by atoms with Crippen LogP contribution in [0.3, 0.4) is 0 Å². The molecule has 2 aliphatic carbocycles. The molecular weight excluding hydrogens is 304 g/mol. The summed E-state index contributed by atoms with van der Waals surface area (Å²) in [5.41, 5.74) is 1.26. The Hall–Kier alpha value is -0.920. The third-order valence-electron chi connectivity index (χ3n) is 6.99. The van der Waals surface area contributed by atoms with Crippen LogP contribution in [0.5, 0.6) is 0 Å². The molecule has 0 N–H and O–H groups in total. The van der Waals surface area contributed by atoms with E-state index < -0.39 is 0 Å². The number of rotatable bonds is 7. The van der Waals surface area contributed by atoms with E-state index in [0.29, 0.717) is 5.92 Å². The summed E-state index contributed by atoms with van der Waals surface area (Å²) in [5.74, 6) is 4.78. The zero-order valence-electron chi connectivity index (χ0n) is 16.6. The van der Waals surface area contributed by atoms with Crippen LogP contribution in [0.1, 0.15) is 108 Å². The maximum absolute atomic E-state index is 4.63. The third-order valence-corrected chi connectivity index (χ3v) is 6.99. The highest BCUT2D eigenvalue weighted by molar-refractivity contribution is 5.07. The number of aromatic nitrogens is 2. The second-order valence-electron chi connectivity index (χ2n) is 8.77. The van der Waals surface area contributed by atoms with Gasteiger partial charge in [0.25, 0.3) is 0 Å². The van der Waals surface area contributed by atoms with Crippen LogP contribution in [-0.4, -0.2) is 9.97 Å². The van der Waals surface area contributed by atoms with Crippen molar-refractivity contribution in [2.45, 2.75) is 103 Å². The molecule has 0 aromatic carbocycles. The van der Waals surface area contributed by atoms with Crippen LogP contribution < -0.4 is 0 Å². The van der Waals surface area contributed by atoms with E-state index in [1.165, 1.54) is 82.6 Å². The van der Waals surface area contributed by atoms with Gasteiger partial charge in [0.15, 0.2) is 0 Å². The highest BCUT2D eigenvalue weighted by atomic mass is 14.9. The highest BCUT2D eigenvalue weighted by Crippen LogP contribution is 2.39. The molecule has 3 rings (SSSR count). The Balaban J connectivity index is 1.35. The van der Waals surface area contributed by atoms with Crippen molar-refractivity contribution in [1.82, 2.24) is 9.97 Å². The summed E-state index contributed by atoms with van der Waals surface area (Å²) in [6.07, 6.45) is 22.4. The fourth-order valence-electron chi connectivity index (χ4n) is 5.16. The fourth-order valence-corrected chi connectivity index (χ4v) is 5.16. The average molecular weight is 343 g/mol. The van der Waals surface area contributed by atoms with E-state index in [9.17, 15) is 0 Å². The summed E-state index contributed by atoms with van der Waals surface area (Å²) in [6, 6.07) is 0. The van der Waals surface area contributed by atoms with Gasteiger partial charge < -0.3 is 0 Å². The zero-order chi connectivity index (χ0) is 17.5. The van der Waals surface area contributed by atoms with Crippen molar-refractivity contribution in [2.75, 3.05) is 0 Å². The van der Waals surface area contributed by atoms with Crippen molar-refractivity contribution in [1.29, 1.82) is 0 Å². The van der Waals surface area contributed by atoms with Gasteiger partial charge in [-0.05, 0) is 55.4 Å². The maximum Gasteiger partial charge on any atom is 0.131 e. The summed E-state index contributed by atoms with van der Waals surface area (Å²) >= 11 is 0. The lowest BCUT2D eigenvalue weighted by Gasteiger charge is -2.31. The molecule has 2 fully saturated rings. The van der Waals surface area contributed by atoms with Crippen molar-refractivity contribution < 1.29 is 0 Å². The summed E-state index contributed by atoms with van der Waals surface area (Å²) in [6.45, 7) is 4.51. The van der Waals surface area contributed by atoms with Gasteiger partial charge in [-0.2, -0.15) is 0 Å². The molecular formula is C23H38N2. The van der Waals surface area contributed by atoms with Crippen LogP contribution in [0.15, 0.2) is 12.4 Å². The van der Waals surface area contributed by atoms with Crippen LogP contribution in [-0.2, 0) is 6.42 Å². The number of hydrogen-bond acceptors (Lipinski definition) is 2. The number of nitrogens with zero attached hydrogens (tertiary/aromatic N) is 2. The van der Waals surface area contributed by atoms with Gasteiger partial charge in [0.2, 0.25) is 0 Å². The van der Waals surface area contributed by atoms with E-state index in [-0.39, 0.29) is 0 Å². The van der Waals surface area contributed by atoms with Crippen LogP contribution in [0.4, 0.5) is 0 Å². The van der Waals surface area contributed by atoms with E-state index in [2.05, 4.69) is 23.8 Å². The Morgan fingerprint density at radius 3 is 1.68 bits per heavy atom. The molecule has 1 aromatic heterocycles. The van der Waals surface area contributed by atoms with Gasteiger partial charge in [-0.25, -0.2) is 9.97 Å². The van der Waals surface area contributed by atoms with E-state index in [0.717, 1.165) is 30.0 Å². The molecule has 0 saturated heterocycles. The molecule has 2 nitrogen and oxygen atoms in total. The normalized spacial score (nSPS) is 30.3. The monoisotopic (exact) mass is 342 g/mol. The Kier molecular flexibility index (Phi) is 7.31. The Labute approximate surface area is 155 Å². The molecule has 0 radical (unpaired) electrons.